The molecule has 0 spiro atoms. The standard InChI is InChI=1S/C14H12ClN3/c1-10-2-4-11(5-3-10)9-17-14-7-12(8-16)6-13(15)18-14/h2-7H,9H2,1H3,(H,17,18). The van der Waals surface area contributed by atoms with Crippen LogP contribution in [0.2, 0.25) is 5.15 Å². The van der Waals surface area contributed by atoms with Gasteiger partial charge >= 0.3 is 0 Å². The molecule has 0 unspecified atom stereocenters. The number of aromatic nitrogens is 1. The Bertz CT molecular complexity index is 585. The van der Waals surface area contributed by atoms with Crippen LogP contribution >= 0.6 is 11.6 Å². The van der Waals surface area contributed by atoms with E-state index in [0.717, 1.165) is 5.56 Å². The highest BCUT2D eigenvalue weighted by Crippen LogP contribution is 2.14. The number of rotatable bonds is 3. The maximum absolute atomic E-state index is 8.84. The summed E-state index contributed by atoms with van der Waals surface area (Å²) in [6.45, 7) is 2.70. The van der Waals surface area contributed by atoms with Crippen molar-refractivity contribution in [3.05, 3.63) is 58.2 Å². The van der Waals surface area contributed by atoms with Crippen LogP contribution in [0, 0.1) is 18.3 Å². The highest BCUT2D eigenvalue weighted by Gasteiger charge is 2.01. The number of halogens is 1. The van der Waals surface area contributed by atoms with Crippen LogP contribution < -0.4 is 5.32 Å². The Morgan fingerprint density at radius 2 is 2.00 bits per heavy atom. The Morgan fingerprint density at radius 3 is 2.67 bits per heavy atom. The number of nitriles is 1. The first kappa shape index (κ1) is 12.4. The predicted molar refractivity (Wildman–Crippen MR) is 72.5 cm³/mol. The van der Waals surface area contributed by atoms with Crippen LogP contribution in [0.3, 0.4) is 0 Å². The average Bonchev–Trinajstić information content (AvgIpc) is 2.37. The smallest absolute Gasteiger partial charge is 0.132 e. The molecule has 4 heteroatoms. The van der Waals surface area contributed by atoms with Gasteiger partial charge in [-0.3, -0.25) is 0 Å². The number of nitrogens with one attached hydrogen (secondary N) is 1. The van der Waals surface area contributed by atoms with Crippen molar-refractivity contribution in [3.8, 4) is 6.07 Å². The highest BCUT2D eigenvalue weighted by atomic mass is 35.5. The molecule has 0 saturated carbocycles. The monoisotopic (exact) mass is 257 g/mol. The van der Waals surface area contributed by atoms with E-state index in [0.29, 0.717) is 23.1 Å². The van der Waals surface area contributed by atoms with Crippen LogP contribution in [0.25, 0.3) is 0 Å². The average molecular weight is 258 g/mol. The number of nitrogens with zero attached hydrogens (tertiary/aromatic N) is 2. The first-order valence-electron chi connectivity index (χ1n) is 5.54. The van der Waals surface area contributed by atoms with Gasteiger partial charge in [0.25, 0.3) is 0 Å². The molecule has 0 aliphatic rings. The van der Waals surface area contributed by atoms with Crippen LogP contribution in [0.4, 0.5) is 5.82 Å². The van der Waals surface area contributed by atoms with Crippen molar-refractivity contribution in [2.45, 2.75) is 13.5 Å². The molecule has 1 aromatic heterocycles. The second-order valence-electron chi connectivity index (χ2n) is 4.01. The first-order chi connectivity index (χ1) is 8.67. The number of hydrogen-bond acceptors (Lipinski definition) is 3. The van der Waals surface area contributed by atoms with Gasteiger partial charge in [-0.05, 0) is 24.6 Å². The summed E-state index contributed by atoms with van der Waals surface area (Å²) in [5, 5.41) is 12.3. The molecule has 2 rings (SSSR count). The van der Waals surface area contributed by atoms with Gasteiger partial charge in [-0.2, -0.15) is 5.26 Å². The van der Waals surface area contributed by atoms with Crippen molar-refractivity contribution in [1.82, 2.24) is 4.98 Å². The van der Waals surface area contributed by atoms with E-state index in [-0.39, 0.29) is 0 Å². The fraction of sp³-hybridized carbons (Fsp3) is 0.143. The molecule has 0 radical (unpaired) electrons. The van der Waals surface area contributed by atoms with Crippen LogP contribution in [-0.4, -0.2) is 4.98 Å². The molecule has 1 heterocycles. The topological polar surface area (TPSA) is 48.7 Å². The Hall–Kier alpha value is -2.05. The third-order valence-corrected chi connectivity index (χ3v) is 2.71. The number of aryl methyl sites for hydroxylation is 1. The summed E-state index contributed by atoms with van der Waals surface area (Å²) in [6, 6.07) is 13.5. The Labute approximate surface area is 111 Å². The third kappa shape index (κ3) is 3.22. The van der Waals surface area contributed by atoms with Gasteiger partial charge in [-0.1, -0.05) is 41.4 Å². The molecule has 0 saturated heterocycles. The zero-order valence-corrected chi connectivity index (χ0v) is 10.7. The van der Waals surface area contributed by atoms with Crippen LogP contribution in [0.1, 0.15) is 16.7 Å². The zero-order chi connectivity index (χ0) is 13.0. The Balaban J connectivity index is 2.08. The maximum atomic E-state index is 8.84. The fourth-order valence-corrected chi connectivity index (χ4v) is 1.76. The summed E-state index contributed by atoms with van der Waals surface area (Å²) in [6.07, 6.45) is 0. The normalized spacial score (nSPS) is 9.83. The van der Waals surface area contributed by atoms with E-state index >= 15 is 0 Å². The minimum atomic E-state index is 0.320. The molecule has 3 nitrogen and oxygen atoms in total. The van der Waals surface area contributed by atoms with Crippen molar-refractivity contribution in [2.24, 2.45) is 0 Å². The second kappa shape index (κ2) is 5.52. The predicted octanol–water partition coefficient (Wildman–Crippen LogP) is 3.53. The summed E-state index contributed by atoms with van der Waals surface area (Å²) < 4.78 is 0. The lowest BCUT2D eigenvalue weighted by Crippen LogP contribution is -2.01. The Morgan fingerprint density at radius 1 is 1.28 bits per heavy atom. The van der Waals surface area contributed by atoms with E-state index in [2.05, 4.69) is 41.5 Å². The minimum absolute atomic E-state index is 0.320. The van der Waals surface area contributed by atoms with Gasteiger partial charge in [-0.15, -0.1) is 0 Å². The van der Waals surface area contributed by atoms with Gasteiger partial charge in [0, 0.05) is 6.54 Å². The van der Waals surface area contributed by atoms with Gasteiger partial charge < -0.3 is 5.32 Å². The van der Waals surface area contributed by atoms with Crippen LogP contribution in [0.5, 0.6) is 0 Å². The van der Waals surface area contributed by atoms with Crippen LogP contribution in [-0.2, 0) is 6.54 Å². The number of benzene rings is 1. The summed E-state index contributed by atoms with van der Waals surface area (Å²) in [5.74, 6) is 0.611. The third-order valence-electron chi connectivity index (χ3n) is 2.52. The van der Waals surface area contributed by atoms with Crippen molar-refractivity contribution < 1.29 is 0 Å². The lowest BCUT2D eigenvalue weighted by Gasteiger charge is -2.06. The van der Waals surface area contributed by atoms with Gasteiger partial charge in [0.2, 0.25) is 0 Å². The van der Waals surface area contributed by atoms with Gasteiger partial charge in [-0.25, -0.2) is 4.98 Å². The van der Waals surface area contributed by atoms with E-state index in [1.54, 1.807) is 12.1 Å². The molecular formula is C14H12ClN3. The van der Waals surface area contributed by atoms with Crippen LogP contribution in [0.15, 0.2) is 36.4 Å². The largest absolute Gasteiger partial charge is 0.366 e. The first-order valence-corrected chi connectivity index (χ1v) is 5.92. The molecule has 1 aromatic carbocycles. The van der Waals surface area contributed by atoms with Crippen molar-refractivity contribution >= 4 is 17.4 Å². The molecule has 0 atom stereocenters. The highest BCUT2D eigenvalue weighted by molar-refractivity contribution is 6.29. The molecule has 0 aliphatic heterocycles. The summed E-state index contributed by atoms with van der Waals surface area (Å²) in [5.41, 5.74) is 2.88. The van der Waals surface area contributed by atoms with Crippen molar-refractivity contribution in [2.75, 3.05) is 5.32 Å². The maximum Gasteiger partial charge on any atom is 0.132 e. The quantitative estimate of drug-likeness (QED) is 0.856. The molecule has 1 N–H and O–H groups in total. The minimum Gasteiger partial charge on any atom is -0.366 e. The summed E-state index contributed by atoms with van der Waals surface area (Å²) in [7, 11) is 0. The molecule has 0 fully saturated rings. The van der Waals surface area contributed by atoms with E-state index in [4.69, 9.17) is 16.9 Å². The molecule has 0 aliphatic carbocycles. The fourth-order valence-electron chi connectivity index (χ4n) is 1.55. The number of anilines is 1. The van der Waals surface area contributed by atoms with E-state index in [1.165, 1.54) is 5.56 Å². The molecule has 0 bridgehead atoms. The Kier molecular flexibility index (Phi) is 3.81. The summed E-state index contributed by atoms with van der Waals surface area (Å²) in [4.78, 5) is 4.12. The van der Waals surface area contributed by atoms with Gasteiger partial charge in [0.05, 0.1) is 11.6 Å². The number of hydrogen-bond donors (Lipinski definition) is 1. The lowest BCUT2D eigenvalue weighted by atomic mass is 10.1. The molecule has 18 heavy (non-hydrogen) atoms. The second-order valence-corrected chi connectivity index (χ2v) is 4.40. The zero-order valence-electron chi connectivity index (χ0n) is 9.94. The van der Waals surface area contributed by atoms with Gasteiger partial charge in [0.15, 0.2) is 0 Å². The SMILES string of the molecule is Cc1ccc(CNc2cc(C#N)cc(Cl)n2)cc1. The van der Waals surface area contributed by atoms with Gasteiger partial charge in [0.1, 0.15) is 11.0 Å². The molecular weight excluding hydrogens is 246 g/mol. The van der Waals surface area contributed by atoms with Crippen molar-refractivity contribution in [3.63, 3.8) is 0 Å². The van der Waals surface area contributed by atoms with E-state index in [9.17, 15) is 0 Å². The van der Waals surface area contributed by atoms with E-state index < -0.39 is 0 Å². The summed E-state index contributed by atoms with van der Waals surface area (Å²) >= 11 is 5.83. The van der Waals surface area contributed by atoms with E-state index in [1.807, 2.05) is 6.07 Å². The molecule has 0 amide bonds. The number of pyridine rings is 1. The van der Waals surface area contributed by atoms with Crippen molar-refractivity contribution in [1.29, 1.82) is 5.26 Å². The molecule has 90 valence electrons. The molecule has 2 aromatic rings. The lowest BCUT2D eigenvalue weighted by molar-refractivity contribution is 1.11.